The lowest BCUT2D eigenvalue weighted by molar-refractivity contribution is 0.222. The minimum Gasteiger partial charge on any atom is -0.497 e. The summed E-state index contributed by atoms with van der Waals surface area (Å²) in [4.78, 5) is 22.9. The largest absolute Gasteiger partial charge is 0.497 e. The van der Waals surface area contributed by atoms with E-state index in [9.17, 15) is 4.79 Å². The number of likely N-dealkylation sites (tertiary alicyclic amines) is 1. The molecule has 0 radical (unpaired) electrons. The van der Waals surface area contributed by atoms with Crippen molar-refractivity contribution >= 4 is 23.4 Å². The Labute approximate surface area is 169 Å². The molecular formula is C22H23N5O2. The summed E-state index contributed by atoms with van der Waals surface area (Å²) in [6.07, 6.45) is 5.68. The van der Waals surface area contributed by atoms with E-state index in [2.05, 4.69) is 20.6 Å². The van der Waals surface area contributed by atoms with Crippen molar-refractivity contribution in [1.82, 2.24) is 14.9 Å². The Hall–Kier alpha value is -3.61. The average Bonchev–Trinajstić information content (AvgIpc) is 3.30. The van der Waals surface area contributed by atoms with Crippen molar-refractivity contribution < 1.29 is 9.53 Å². The monoisotopic (exact) mass is 389 g/mol. The molecule has 7 heteroatoms. The molecule has 0 bridgehead atoms. The molecule has 1 aliphatic rings. The van der Waals surface area contributed by atoms with Gasteiger partial charge in [-0.1, -0.05) is 18.2 Å². The number of carbonyl (C=O) groups excluding carboxylic acids is 1. The molecule has 1 fully saturated rings. The molecule has 1 aromatic heterocycles. The maximum absolute atomic E-state index is 12.3. The molecule has 2 aromatic carbocycles. The van der Waals surface area contributed by atoms with E-state index >= 15 is 0 Å². The lowest BCUT2D eigenvalue weighted by atomic mass is 10.1. The third-order valence-electron chi connectivity index (χ3n) is 4.84. The number of hydrogen-bond donors (Lipinski definition) is 2. The van der Waals surface area contributed by atoms with E-state index in [4.69, 9.17) is 4.74 Å². The van der Waals surface area contributed by atoms with Gasteiger partial charge in [0, 0.05) is 42.4 Å². The standard InChI is InChI=1S/C22H23N5O2/c1-29-20-9-7-16(8-10-20)17-14-23-21(24-15-17)25-18-5-4-6-19(13-18)26-22(28)27-11-2-3-12-27/h4-10,13-15H,2-3,11-12H2,1H3,(H,26,28)(H,23,24,25). The third kappa shape index (κ3) is 4.63. The van der Waals surface area contributed by atoms with Gasteiger partial charge < -0.3 is 20.3 Å². The molecule has 0 spiro atoms. The lowest BCUT2D eigenvalue weighted by Crippen LogP contribution is -2.32. The Morgan fingerprint density at radius 3 is 2.34 bits per heavy atom. The number of urea groups is 1. The number of aromatic nitrogens is 2. The molecule has 0 atom stereocenters. The van der Waals surface area contributed by atoms with Crippen LogP contribution in [-0.4, -0.2) is 41.1 Å². The summed E-state index contributed by atoms with van der Waals surface area (Å²) in [5.74, 6) is 1.30. The molecule has 148 valence electrons. The highest BCUT2D eigenvalue weighted by atomic mass is 16.5. The van der Waals surface area contributed by atoms with Crippen LogP contribution in [0.1, 0.15) is 12.8 Å². The first-order valence-electron chi connectivity index (χ1n) is 9.61. The molecule has 3 aromatic rings. The van der Waals surface area contributed by atoms with Crippen molar-refractivity contribution in [2.75, 3.05) is 30.8 Å². The minimum absolute atomic E-state index is 0.0558. The van der Waals surface area contributed by atoms with Crippen LogP contribution in [0.2, 0.25) is 0 Å². The van der Waals surface area contributed by atoms with E-state index in [1.807, 2.05) is 53.4 Å². The number of anilines is 3. The summed E-state index contributed by atoms with van der Waals surface area (Å²) < 4.78 is 5.18. The van der Waals surface area contributed by atoms with Gasteiger partial charge in [-0.2, -0.15) is 0 Å². The number of ether oxygens (including phenoxy) is 1. The van der Waals surface area contributed by atoms with E-state index in [0.29, 0.717) is 5.95 Å². The molecule has 4 rings (SSSR count). The first-order chi connectivity index (χ1) is 14.2. The van der Waals surface area contributed by atoms with Crippen molar-refractivity contribution in [2.24, 2.45) is 0 Å². The maximum atomic E-state index is 12.3. The predicted molar refractivity (Wildman–Crippen MR) is 114 cm³/mol. The number of methoxy groups -OCH3 is 1. The fraction of sp³-hybridized carbons (Fsp3) is 0.227. The molecule has 0 saturated carbocycles. The zero-order valence-electron chi connectivity index (χ0n) is 16.3. The van der Waals surface area contributed by atoms with Crippen molar-refractivity contribution in [3.8, 4) is 16.9 Å². The summed E-state index contributed by atoms with van der Waals surface area (Å²) in [6.45, 7) is 1.64. The highest BCUT2D eigenvalue weighted by molar-refractivity contribution is 5.90. The van der Waals surface area contributed by atoms with Gasteiger partial charge in [-0.05, 0) is 48.7 Å². The second-order valence-corrected chi connectivity index (χ2v) is 6.85. The quantitative estimate of drug-likeness (QED) is 0.670. The smallest absolute Gasteiger partial charge is 0.321 e. The Balaban J connectivity index is 1.41. The topological polar surface area (TPSA) is 79.4 Å². The lowest BCUT2D eigenvalue weighted by Gasteiger charge is -2.16. The minimum atomic E-state index is -0.0558. The number of nitrogens with one attached hydrogen (secondary N) is 2. The number of rotatable bonds is 5. The van der Waals surface area contributed by atoms with E-state index in [0.717, 1.165) is 54.2 Å². The summed E-state index contributed by atoms with van der Waals surface area (Å²) in [6, 6.07) is 15.2. The second kappa shape index (κ2) is 8.60. The van der Waals surface area contributed by atoms with Gasteiger partial charge in [0.15, 0.2) is 0 Å². The van der Waals surface area contributed by atoms with E-state index < -0.39 is 0 Å². The second-order valence-electron chi connectivity index (χ2n) is 6.85. The first kappa shape index (κ1) is 18.7. The van der Waals surface area contributed by atoms with Gasteiger partial charge in [0.25, 0.3) is 0 Å². The summed E-state index contributed by atoms with van der Waals surface area (Å²) in [5, 5.41) is 6.12. The molecule has 1 aliphatic heterocycles. The highest BCUT2D eigenvalue weighted by Crippen LogP contribution is 2.23. The molecular weight excluding hydrogens is 366 g/mol. The van der Waals surface area contributed by atoms with Crippen LogP contribution in [0.25, 0.3) is 11.1 Å². The van der Waals surface area contributed by atoms with Crippen LogP contribution >= 0.6 is 0 Å². The van der Waals surface area contributed by atoms with Gasteiger partial charge in [0.1, 0.15) is 5.75 Å². The molecule has 7 nitrogen and oxygen atoms in total. The molecule has 2 amide bonds. The Bertz CT molecular complexity index is 967. The summed E-state index contributed by atoms with van der Waals surface area (Å²) in [5.41, 5.74) is 3.48. The van der Waals surface area contributed by atoms with Crippen LogP contribution in [0.4, 0.5) is 22.1 Å². The number of nitrogens with zero attached hydrogens (tertiary/aromatic N) is 3. The van der Waals surface area contributed by atoms with Crippen molar-refractivity contribution in [2.45, 2.75) is 12.8 Å². The van der Waals surface area contributed by atoms with Crippen molar-refractivity contribution in [3.63, 3.8) is 0 Å². The highest BCUT2D eigenvalue weighted by Gasteiger charge is 2.17. The van der Waals surface area contributed by atoms with Crippen LogP contribution in [0.5, 0.6) is 5.75 Å². The van der Waals surface area contributed by atoms with Gasteiger partial charge in [0.05, 0.1) is 7.11 Å². The number of amides is 2. The average molecular weight is 389 g/mol. The van der Waals surface area contributed by atoms with Crippen LogP contribution in [0, 0.1) is 0 Å². The molecule has 0 unspecified atom stereocenters. The van der Waals surface area contributed by atoms with Crippen LogP contribution in [-0.2, 0) is 0 Å². The van der Waals surface area contributed by atoms with Crippen LogP contribution in [0.15, 0.2) is 60.9 Å². The summed E-state index contributed by atoms with van der Waals surface area (Å²) >= 11 is 0. The fourth-order valence-electron chi connectivity index (χ4n) is 3.25. The van der Waals surface area contributed by atoms with Crippen molar-refractivity contribution in [1.29, 1.82) is 0 Å². The Morgan fingerprint density at radius 1 is 0.966 bits per heavy atom. The normalized spacial score (nSPS) is 13.2. The Kier molecular flexibility index (Phi) is 5.56. The molecule has 29 heavy (non-hydrogen) atoms. The van der Waals surface area contributed by atoms with Gasteiger partial charge >= 0.3 is 6.03 Å². The summed E-state index contributed by atoms with van der Waals surface area (Å²) in [7, 11) is 1.64. The van der Waals surface area contributed by atoms with Crippen molar-refractivity contribution in [3.05, 3.63) is 60.9 Å². The van der Waals surface area contributed by atoms with E-state index in [-0.39, 0.29) is 6.03 Å². The third-order valence-corrected chi connectivity index (χ3v) is 4.84. The number of hydrogen-bond acceptors (Lipinski definition) is 5. The number of carbonyl (C=O) groups is 1. The predicted octanol–water partition coefficient (Wildman–Crippen LogP) is 4.52. The van der Waals surface area contributed by atoms with Crippen LogP contribution < -0.4 is 15.4 Å². The first-order valence-corrected chi connectivity index (χ1v) is 9.61. The van der Waals surface area contributed by atoms with Gasteiger partial charge in [-0.15, -0.1) is 0 Å². The Morgan fingerprint density at radius 2 is 1.66 bits per heavy atom. The zero-order chi connectivity index (χ0) is 20.1. The molecule has 2 N–H and O–H groups in total. The van der Waals surface area contributed by atoms with Crippen LogP contribution in [0.3, 0.4) is 0 Å². The van der Waals surface area contributed by atoms with Gasteiger partial charge in [0.2, 0.25) is 5.95 Å². The fourth-order valence-corrected chi connectivity index (χ4v) is 3.25. The number of benzene rings is 2. The van der Waals surface area contributed by atoms with E-state index in [1.165, 1.54) is 0 Å². The maximum Gasteiger partial charge on any atom is 0.321 e. The molecule has 2 heterocycles. The molecule has 1 saturated heterocycles. The SMILES string of the molecule is COc1ccc(-c2cnc(Nc3cccc(NC(=O)N4CCCC4)c3)nc2)cc1. The van der Waals surface area contributed by atoms with E-state index in [1.54, 1.807) is 19.5 Å². The van der Waals surface area contributed by atoms with Gasteiger partial charge in [-0.25, -0.2) is 14.8 Å². The molecule has 0 aliphatic carbocycles. The van der Waals surface area contributed by atoms with Gasteiger partial charge in [-0.3, -0.25) is 0 Å². The zero-order valence-corrected chi connectivity index (χ0v) is 16.3.